The molecule has 2 N–H and O–H groups in total. The normalized spacial score (nSPS) is 23.6. The number of likely N-dealkylation sites (tertiary alicyclic amines) is 1. The number of ether oxygens (including phenoxy) is 1. The van der Waals surface area contributed by atoms with E-state index in [2.05, 4.69) is 34.3 Å². The number of hydrogen-bond acceptors (Lipinski definition) is 4. The van der Waals surface area contributed by atoms with Crippen LogP contribution in [-0.4, -0.2) is 87.9 Å². The summed E-state index contributed by atoms with van der Waals surface area (Å²) in [5, 5.41) is 6.84. The van der Waals surface area contributed by atoms with Crippen LogP contribution >= 0.6 is 24.0 Å². The van der Waals surface area contributed by atoms with Crippen molar-refractivity contribution in [3.63, 3.8) is 0 Å². The Balaban J connectivity index is 0.00000288. The maximum Gasteiger partial charge on any atom is 0.191 e. The summed E-state index contributed by atoms with van der Waals surface area (Å²) in [6, 6.07) is 0. The molecule has 0 aromatic carbocycles. The molecule has 7 heteroatoms. The van der Waals surface area contributed by atoms with E-state index in [0.29, 0.717) is 5.92 Å². The fourth-order valence-electron chi connectivity index (χ4n) is 3.31. The van der Waals surface area contributed by atoms with Crippen LogP contribution in [0.25, 0.3) is 0 Å². The second kappa shape index (κ2) is 13.1. The Labute approximate surface area is 164 Å². The molecule has 2 aliphatic rings. The van der Waals surface area contributed by atoms with Crippen molar-refractivity contribution in [2.75, 3.05) is 72.1 Å². The number of rotatable bonds is 7. The van der Waals surface area contributed by atoms with E-state index in [0.717, 1.165) is 65.0 Å². The first-order chi connectivity index (χ1) is 11.3. The molecule has 2 aliphatic heterocycles. The third kappa shape index (κ3) is 8.31. The average Bonchev–Trinajstić information content (AvgIpc) is 2.61. The van der Waals surface area contributed by atoms with Gasteiger partial charge in [0, 0.05) is 45.8 Å². The molecule has 1 atom stereocenters. The van der Waals surface area contributed by atoms with E-state index in [1.165, 1.54) is 25.9 Å². The van der Waals surface area contributed by atoms with Gasteiger partial charge >= 0.3 is 0 Å². The Morgan fingerprint density at radius 1 is 1.12 bits per heavy atom. The van der Waals surface area contributed by atoms with Crippen LogP contribution in [-0.2, 0) is 4.74 Å². The summed E-state index contributed by atoms with van der Waals surface area (Å²) in [6.45, 7) is 15.7. The summed E-state index contributed by atoms with van der Waals surface area (Å²) in [7, 11) is 0. The second-order valence-corrected chi connectivity index (χ2v) is 6.50. The van der Waals surface area contributed by atoms with Crippen molar-refractivity contribution in [3.05, 3.63) is 0 Å². The van der Waals surface area contributed by atoms with E-state index < -0.39 is 0 Å². The van der Waals surface area contributed by atoms with Crippen molar-refractivity contribution < 1.29 is 4.74 Å². The fourth-order valence-corrected chi connectivity index (χ4v) is 3.31. The lowest BCUT2D eigenvalue weighted by Crippen LogP contribution is -2.44. The van der Waals surface area contributed by atoms with Gasteiger partial charge in [-0.3, -0.25) is 9.89 Å². The molecule has 0 aromatic rings. The number of morpholine rings is 1. The number of guanidine groups is 1. The monoisotopic (exact) mass is 453 g/mol. The van der Waals surface area contributed by atoms with Gasteiger partial charge in [0.1, 0.15) is 0 Å². The summed E-state index contributed by atoms with van der Waals surface area (Å²) >= 11 is 0. The fraction of sp³-hybridized carbons (Fsp3) is 0.941. The van der Waals surface area contributed by atoms with Gasteiger partial charge in [0.05, 0.1) is 13.2 Å². The standard InChI is InChI=1S/C17H35N5O.HI/c1-3-18-17(19-7-9-22-10-12-23-13-11-22)20-14-16-6-5-8-21(4-2)15-16;/h16H,3-15H2,1-2H3,(H2,18,19,20);1H. The van der Waals surface area contributed by atoms with Crippen LogP contribution in [0.2, 0.25) is 0 Å². The number of nitrogens with one attached hydrogen (secondary N) is 2. The van der Waals surface area contributed by atoms with Crippen molar-refractivity contribution in [1.29, 1.82) is 0 Å². The van der Waals surface area contributed by atoms with Crippen molar-refractivity contribution >= 4 is 29.9 Å². The Morgan fingerprint density at radius 2 is 1.92 bits per heavy atom. The predicted molar refractivity (Wildman–Crippen MR) is 111 cm³/mol. The second-order valence-electron chi connectivity index (χ2n) is 6.50. The largest absolute Gasteiger partial charge is 0.379 e. The summed E-state index contributed by atoms with van der Waals surface area (Å²) in [5.74, 6) is 1.67. The molecule has 0 spiro atoms. The van der Waals surface area contributed by atoms with Gasteiger partial charge in [0.15, 0.2) is 5.96 Å². The van der Waals surface area contributed by atoms with Gasteiger partial charge in [-0.05, 0) is 38.8 Å². The van der Waals surface area contributed by atoms with Gasteiger partial charge in [-0.1, -0.05) is 6.92 Å². The number of aliphatic imine (C=N–C) groups is 1. The lowest BCUT2D eigenvalue weighted by Gasteiger charge is -2.31. The summed E-state index contributed by atoms with van der Waals surface area (Å²) in [4.78, 5) is 9.80. The molecule has 0 bridgehead atoms. The Morgan fingerprint density at radius 3 is 2.62 bits per heavy atom. The minimum Gasteiger partial charge on any atom is -0.379 e. The molecule has 0 radical (unpaired) electrons. The number of hydrogen-bond donors (Lipinski definition) is 2. The topological polar surface area (TPSA) is 52.1 Å². The molecular formula is C17H36IN5O. The molecule has 0 saturated carbocycles. The van der Waals surface area contributed by atoms with Gasteiger partial charge in [-0.2, -0.15) is 0 Å². The van der Waals surface area contributed by atoms with E-state index in [4.69, 9.17) is 9.73 Å². The molecular weight excluding hydrogens is 417 g/mol. The molecule has 2 rings (SSSR count). The van der Waals surface area contributed by atoms with Crippen LogP contribution in [0.1, 0.15) is 26.7 Å². The van der Waals surface area contributed by atoms with E-state index in [-0.39, 0.29) is 24.0 Å². The molecule has 2 saturated heterocycles. The van der Waals surface area contributed by atoms with E-state index >= 15 is 0 Å². The van der Waals surface area contributed by atoms with Crippen LogP contribution in [0.5, 0.6) is 0 Å². The van der Waals surface area contributed by atoms with Crippen molar-refractivity contribution in [2.45, 2.75) is 26.7 Å². The molecule has 1 unspecified atom stereocenters. The minimum absolute atomic E-state index is 0. The van der Waals surface area contributed by atoms with E-state index in [1.807, 2.05) is 0 Å². The first-order valence-electron chi connectivity index (χ1n) is 9.36. The quantitative estimate of drug-likeness (QED) is 0.345. The maximum absolute atomic E-state index is 5.39. The number of nitrogens with zero attached hydrogens (tertiary/aromatic N) is 3. The molecule has 0 amide bonds. The van der Waals surface area contributed by atoms with Crippen molar-refractivity contribution in [3.8, 4) is 0 Å². The van der Waals surface area contributed by atoms with Gasteiger partial charge in [-0.15, -0.1) is 24.0 Å². The highest BCUT2D eigenvalue weighted by Gasteiger charge is 2.18. The van der Waals surface area contributed by atoms with Crippen molar-refractivity contribution in [1.82, 2.24) is 20.4 Å². The highest BCUT2D eigenvalue weighted by atomic mass is 127. The zero-order valence-electron chi connectivity index (χ0n) is 15.4. The third-order valence-corrected chi connectivity index (χ3v) is 4.73. The van der Waals surface area contributed by atoms with E-state index in [9.17, 15) is 0 Å². The summed E-state index contributed by atoms with van der Waals surface area (Å²) < 4.78 is 5.39. The molecule has 0 aromatic heterocycles. The Bertz CT molecular complexity index is 350. The zero-order chi connectivity index (χ0) is 16.3. The van der Waals surface area contributed by atoms with Crippen molar-refractivity contribution in [2.24, 2.45) is 10.9 Å². The van der Waals surface area contributed by atoms with Crippen LogP contribution in [0.15, 0.2) is 4.99 Å². The SMILES string of the molecule is CCNC(=NCC1CCCN(CC)C1)NCCN1CCOCC1.I. The predicted octanol–water partition coefficient (Wildman–Crippen LogP) is 1.22. The highest BCUT2D eigenvalue weighted by molar-refractivity contribution is 14.0. The van der Waals surface area contributed by atoms with Gasteiger partial charge < -0.3 is 20.3 Å². The van der Waals surface area contributed by atoms with Gasteiger partial charge in [0.2, 0.25) is 0 Å². The first-order valence-corrected chi connectivity index (χ1v) is 9.36. The lowest BCUT2D eigenvalue weighted by molar-refractivity contribution is 0.0389. The molecule has 24 heavy (non-hydrogen) atoms. The first kappa shape index (κ1) is 21.9. The minimum atomic E-state index is 0. The van der Waals surface area contributed by atoms with Gasteiger partial charge in [0.25, 0.3) is 0 Å². The third-order valence-electron chi connectivity index (χ3n) is 4.73. The molecule has 2 heterocycles. The Kier molecular flexibility index (Phi) is 12.0. The molecule has 142 valence electrons. The highest BCUT2D eigenvalue weighted by Crippen LogP contribution is 2.16. The van der Waals surface area contributed by atoms with E-state index in [1.54, 1.807) is 0 Å². The van der Waals surface area contributed by atoms with Crippen LogP contribution in [0.4, 0.5) is 0 Å². The number of piperidine rings is 1. The van der Waals surface area contributed by atoms with Crippen LogP contribution in [0, 0.1) is 5.92 Å². The summed E-state index contributed by atoms with van der Waals surface area (Å²) in [5.41, 5.74) is 0. The number of halogens is 1. The summed E-state index contributed by atoms with van der Waals surface area (Å²) in [6.07, 6.45) is 2.63. The van der Waals surface area contributed by atoms with Gasteiger partial charge in [-0.25, -0.2) is 0 Å². The maximum atomic E-state index is 5.39. The smallest absolute Gasteiger partial charge is 0.191 e. The molecule has 2 fully saturated rings. The Hall–Kier alpha value is -0.120. The lowest BCUT2D eigenvalue weighted by atomic mass is 9.98. The average molecular weight is 453 g/mol. The zero-order valence-corrected chi connectivity index (χ0v) is 17.8. The molecule has 6 nitrogen and oxygen atoms in total. The molecule has 0 aliphatic carbocycles. The van der Waals surface area contributed by atoms with Crippen LogP contribution < -0.4 is 10.6 Å². The van der Waals surface area contributed by atoms with Crippen LogP contribution in [0.3, 0.4) is 0 Å².